The van der Waals surface area contributed by atoms with E-state index in [4.69, 9.17) is 0 Å². The molecule has 1 saturated carbocycles. The van der Waals surface area contributed by atoms with Crippen LogP contribution in [-0.2, 0) is 4.79 Å². The molecule has 9 heteroatoms. The van der Waals surface area contributed by atoms with Crippen molar-refractivity contribution >= 4 is 22.9 Å². The Bertz CT molecular complexity index is 1060. The number of nitrogens with zero attached hydrogens (tertiary/aromatic N) is 2. The lowest BCUT2D eigenvalue weighted by Crippen LogP contribution is -2.46. The third-order valence-corrected chi connectivity index (χ3v) is 5.73. The fourth-order valence-corrected chi connectivity index (χ4v) is 4.57. The summed E-state index contributed by atoms with van der Waals surface area (Å²) >= 11 is 0. The summed E-state index contributed by atoms with van der Waals surface area (Å²) in [6, 6.07) is 0.498. The van der Waals surface area contributed by atoms with Crippen molar-refractivity contribution in [3.63, 3.8) is 0 Å². The lowest BCUT2D eigenvalue weighted by Gasteiger charge is -2.32. The molecule has 0 radical (unpaired) electrons. The first-order valence-corrected chi connectivity index (χ1v) is 9.06. The minimum Gasteiger partial charge on any atom is -0.480 e. The summed E-state index contributed by atoms with van der Waals surface area (Å²) < 4.78 is 0. The van der Waals surface area contributed by atoms with Crippen LogP contribution >= 0.6 is 0 Å². The molecular weight excluding hydrogens is 352 g/mol. The van der Waals surface area contributed by atoms with Crippen molar-refractivity contribution in [2.24, 2.45) is 5.92 Å². The summed E-state index contributed by atoms with van der Waals surface area (Å²) in [4.78, 5) is 58.7. The van der Waals surface area contributed by atoms with E-state index in [1.807, 2.05) is 0 Å². The quantitative estimate of drug-likeness (QED) is 0.712. The highest BCUT2D eigenvalue weighted by molar-refractivity contribution is 5.97. The van der Waals surface area contributed by atoms with E-state index in [1.165, 1.54) is 11.0 Å². The number of amides is 1. The Morgan fingerprint density at radius 1 is 1.22 bits per heavy atom. The van der Waals surface area contributed by atoms with Crippen LogP contribution in [0.25, 0.3) is 11.0 Å². The molecule has 1 saturated heterocycles. The van der Waals surface area contributed by atoms with Crippen LogP contribution in [-0.4, -0.2) is 48.9 Å². The molecule has 2 aliphatic rings. The van der Waals surface area contributed by atoms with E-state index in [1.54, 1.807) is 6.92 Å². The number of H-pyrrole nitrogens is 2. The van der Waals surface area contributed by atoms with E-state index in [0.717, 1.165) is 25.7 Å². The Balaban J connectivity index is 1.80. The van der Waals surface area contributed by atoms with Crippen LogP contribution in [0.15, 0.2) is 15.7 Å². The normalized spacial score (nSPS) is 24.8. The number of hydrogen-bond donors (Lipinski definition) is 3. The van der Waals surface area contributed by atoms with E-state index < -0.39 is 29.2 Å². The molecule has 3 atom stereocenters. The fourth-order valence-electron chi connectivity index (χ4n) is 4.57. The maximum atomic E-state index is 13.2. The summed E-state index contributed by atoms with van der Waals surface area (Å²) in [7, 11) is 0. The van der Waals surface area contributed by atoms with Crippen molar-refractivity contribution < 1.29 is 14.7 Å². The topological polar surface area (TPSA) is 136 Å². The van der Waals surface area contributed by atoms with E-state index in [0.29, 0.717) is 12.0 Å². The monoisotopic (exact) mass is 372 g/mol. The Labute approximate surface area is 153 Å². The number of aryl methyl sites for hydroxylation is 1. The molecule has 1 amide bonds. The molecule has 3 N–H and O–H groups in total. The zero-order chi connectivity index (χ0) is 19.3. The molecule has 0 bridgehead atoms. The van der Waals surface area contributed by atoms with Gasteiger partial charge in [-0.3, -0.25) is 19.6 Å². The lowest BCUT2D eigenvalue weighted by molar-refractivity contribution is -0.141. The van der Waals surface area contributed by atoms with Gasteiger partial charge in [0.05, 0.1) is 5.39 Å². The predicted octanol–water partition coefficient (Wildman–Crippen LogP) is 0.778. The molecule has 0 aromatic carbocycles. The number of rotatable bonds is 2. The van der Waals surface area contributed by atoms with Gasteiger partial charge in [0.1, 0.15) is 17.4 Å². The van der Waals surface area contributed by atoms with Crippen molar-refractivity contribution in [2.45, 2.75) is 51.1 Å². The number of aromatic amines is 2. The van der Waals surface area contributed by atoms with E-state index in [-0.39, 0.29) is 28.7 Å². The smallest absolute Gasteiger partial charge is 0.327 e. The van der Waals surface area contributed by atoms with Gasteiger partial charge in [-0.25, -0.2) is 14.6 Å². The maximum Gasteiger partial charge on any atom is 0.327 e. The number of carbonyl (C=O) groups is 2. The van der Waals surface area contributed by atoms with Gasteiger partial charge in [0, 0.05) is 6.04 Å². The van der Waals surface area contributed by atoms with Crippen LogP contribution in [0.4, 0.5) is 0 Å². The van der Waals surface area contributed by atoms with Crippen molar-refractivity contribution in [2.75, 3.05) is 0 Å². The van der Waals surface area contributed by atoms with Crippen LogP contribution in [0.1, 0.15) is 48.2 Å². The van der Waals surface area contributed by atoms with Gasteiger partial charge in [0.2, 0.25) is 0 Å². The summed E-state index contributed by atoms with van der Waals surface area (Å²) in [5.74, 6) is -1.30. The van der Waals surface area contributed by atoms with Gasteiger partial charge in [-0.05, 0) is 43.7 Å². The van der Waals surface area contributed by atoms with Crippen molar-refractivity contribution in [1.29, 1.82) is 0 Å². The number of carboxylic acids is 1. The number of fused-ring (bicyclic) bond motifs is 2. The molecule has 1 aliphatic carbocycles. The summed E-state index contributed by atoms with van der Waals surface area (Å²) in [5, 5.41) is 9.82. The number of likely N-dealkylation sites (tertiary alicyclic amines) is 1. The standard InChI is InChI=1S/C18H20N4O5/c1-8-6-10(19-14-13(8)15(23)21-18(27)20-14)16(24)22-11-5-3-2-4-9(11)7-12(22)17(25)26/h6,9,11-12H,2-5,7H2,1H3,(H,25,26)(H2,19,20,21,23,27). The second-order valence-electron chi connectivity index (χ2n) is 7.37. The lowest BCUT2D eigenvalue weighted by atomic mass is 9.84. The molecule has 4 rings (SSSR count). The number of nitrogens with one attached hydrogen (secondary N) is 2. The van der Waals surface area contributed by atoms with Crippen LogP contribution in [0, 0.1) is 12.8 Å². The molecule has 142 valence electrons. The third kappa shape index (κ3) is 2.83. The molecule has 1 aliphatic heterocycles. The largest absolute Gasteiger partial charge is 0.480 e. The first kappa shape index (κ1) is 17.4. The van der Waals surface area contributed by atoms with Crippen LogP contribution in [0.5, 0.6) is 0 Å². The van der Waals surface area contributed by atoms with Crippen molar-refractivity contribution in [3.8, 4) is 0 Å². The van der Waals surface area contributed by atoms with E-state index in [9.17, 15) is 24.3 Å². The molecule has 2 fully saturated rings. The SMILES string of the molecule is Cc1cc(C(=O)N2C(C(=O)O)CC3CCCCC32)nc2[nH]c(=O)[nH]c(=O)c12. The first-order valence-electron chi connectivity index (χ1n) is 9.06. The predicted molar refractivity (Wildman–Crippen MR) is 95.7 cm³/mol. The van der Waals surface area contributed by atoms with Crippen LogP contribution in [0.3, 0.4) is 0 Å². The number of aromatic nitrogens is 3. The molecule has 9 nitrogen and oxygen atoms in total. The summed E-state index contributed by atoms with van der Waals surface area (Å²) in [5.41, 5.74) is -0.722. The van der Waals surface area contributed by atoms with Crippen molar-refractivity contribution in [3.05, 3.63) is 38.2 Å². The molecule has 2 aromatic heterocycles. The summed E-state index contributed by atoms with van der Waals surface area (Å²) in [6.45, 7) is 1.65. The Hall–Kier alpha value is -2.97. The Morgan fingerprint density at radius 2 is 1.96 bits per heavy atom. The first-order chi connectivity index (χ1) is 12.9. The van der Waals surface area contributed by atoms with Crippen molar-refractivity contribution in [1.82, 2.24) is 19.9 Å². The third-order valence-electron chi connectivity index (χ3n) is 5.73. The number of hydrogen-bond acceptors (Lipinski definition) is 5. The zero-order valence-electron chi connectivity index (χ0n) is 14.8. The number of carboxylic acid groups (broad SMARTS) is 1. The molecule has 0 spiro atoms. The molecule has 3 heterocycles. The minimum atomic E-state index is -1.01. The highest BCUT2D eigenvalue weighted by Gasteiger charge is 2.48. The average Bonchev–Trinajstić information content (AvgIpc) is 2.99. The molecular formula is C18H20N4O5. The fraction of sp³-hybridized carbons (Fsp3) is 0.500. The second-order valence-corrected chi connectivity index (χ2v) is 7.37. The molecule has 2 aromatic rings. The van der Waals surface area contributed by atoms with Gasteiger partial charge in [-0.2, -0.15) is 0 Å². The zero-order valence-corrected chi connectivity index (χ0v) is 14.8. The van der Waals surface area contributed by atoms with Gasteiger partial charge in [0.25, 0.3) is 11.5 Å². The summed E-state index contributed by atoms with van der Waals surface area (Å²) in [6.07, 6.45) is 4.17. The molecule has 3 unspecified atom stereocenters. The van der Waals surface area contributed by atoms with Crippen LogP contribution < -0.4 is 11.2 Å². The van der Waals surface area contributed by atoms with Gasteiger partial charge < -0.3 is 10.0 Å². The van der Waals surface area contributed by atoms with Gasteiger partial charge in [-0.15, -0.1) is 0 Å². The average molecular weight is 372 g/mol. The van der Waals surface area contributed by atoms with Gasteiger partial charge in [-0.1, -0.05) is 12.8 Å². The van der Waals surface area contributed by atoms with E-state index >= 15 is 0 Å². The second kappa shape index (κ2) is 6.33. The molecule has 27 heavy (non-hydrogen) atoms. The number of aliphatic carboxylic acids is 1. The maximum absolute atomic E-state index is 13.2. The number of carbonyl (C=O) groups excluding carboxylic acids is 1. The number of pyridine rings is 1. The highest BCUT2D eigenvalue weighted by Crippen LogP contribution is 2.40. The van der Waals surface area contributed by atoms with Gasteiger partial charge in [0.15, 0.2) is 0 Å². The van der Waals surface area contributed by atoms with Gasteiger partial charge >= 0.3 is 11.7 Å². The minimum absolute atomic E-state index is 0.0263. The van der Waals surface area contributed by atoms with Crippen LogP contribution in [0.2, 0.25) is 0 Å². The highest BCUT2D eigenvalue weighted by atomic mass is 16.4. The Morgan fingerprint density at radius 3 is 2.70 bits per heavy atom. The Kier molecular flexibility index (Phi) is 4.09. The van der Waals surface area contributed by atoms with E-state index in [2.05, 4.69) is 15.0 Å².